The Morgan fingerprint density at radius 3 is 2.31 bits per heavy atom. The van der Waals surface area contributed by atoms with Gasteiger partial charge < -0.3 is 4.74 Å². The van der Waals surface area contributed by atoms with Crippen LogP contribution in [0.2, 0.25) is 0 Å². The SMILES string of the molecule is CCC(C)CCOC(C)=O.c1cc2cc-2c1. The van der Waals surface area contributed by atoms with Crippen LogP contribution in [-0.2, 0) is 9.53 Å². The van der Waals surface area contributed by atoms with Crippen molar-refractivity contribution >= 4 is 5.97 Å². The molecule has 1 unspecified atom stereocenters. The van der Waals surface area contributed by atoms with Gasteiger partial charge in [-0.3, -0.25) is 4.79 Å². The van der Waals surface area contributed by atoms with Crippen molar-refractivity contribution in [2.75, 3.05) is 6.61 Å². The van der Waals surface area contributed by atoms with E-state index < -0.39 is 0 Å². The average molecular weight is 220 g/mol. The summed E-state index contributed by atoms with van der Waals surface area (Å²) in [6.07, 6.45) is 2.14. The van der Waals surface area contributed by atoms with Crippen molar-refractivity contribution in [2.24, 2.45) is 5.92 Å². The van der Waals surface area contributed by atoms with Crippen LogP contribution in [0, 0.1) is 5.92 Å². The van der Waals surface area contributed by atoms with Gasteiger partial charge in [-0.05, 0) is 29.5 Å². The predicted octanol–water partition coefficient (Wildman–Crippen LogP) is 3.65. The maximum atomic E-state index is 10.3. The monoisotopic (exact) mass is 220 g/mol. The lowest BCUT2D eigenvalue weighted by Gasteiger charge is -2.06. The van der Waals surface area contributed by atoms with Gasteiger partial charge in [-0.15, -0.1) is 0 Å². The average Bonchev–Trinajstić information content (AvgIpc) is 2.86. The van der Waals surface area contributed by atoms with Crippen molar-refractivity contribution in [3.63, 3.8) is 0 Å². The number of hydrogen-bond donors (Lipinski definition) is 0. The molecule has 2 nitrogen and oxygen atoms in total. The molecule has 2 aliphatic rings. The maximum absolute atomic E-state index is 10.3. The molecule has 0 amide bonds. The van der Waals surface area contributed by atoms with Gasteiger partial charge in [-0.1, -0.05) is 38.5 Å². The van der Waals surface area contributed by atoms with E-state index in [9.17, 15) is 4.79 Å². The molecule has 0 aliphatic heterocycles. The van der Waals surface area contributed by atoms with E-state index in [4.69, 9.17) is 4.74 Å². The van der Waals surface area contributed by atoms with E-state index >= 15 is 0 Å². The molecule has 0 fully saturated rings. The molecule has 2 aliphatic carbocycles. The Hall–Kier alpha value is -1.31. The lowest BCUT2D eigenvalue weighted by molar-refractivity contribution is -0.141. The Morgan fingerprint density at radius 2 is 2.00 bits per heavy atom. The van der Waals surface area contributed by atoms with Crippen LogP contribution < -0.4 is 0 Å². The molecule has 2 rings (SSSR count). The molecule has 0 radical (unpaired) electrons. The molecule has 0 N–H and O–H groups in total. The van der Waals surface area contributed by atoms with E-state index in [1.54, 1.807) is 0 Å². The van der Waals surface area contributed by atoms with E-state index in [2.05, 4.69) is 38.1 Å². The van der Waals surface area contributed by atoms with Gasteiger partial charge >= 0.3 is 5.97 Å². The predicted molar refractivity (Wildman–Crippen MR) is 66.1 cm³/mol. The molecule has 0 aromatic rings. The minimum atomic E-state index is -0.177. The first-order valence-electron chi connectivity index (χ1n) is 5.87. The quantitative estimate of drug-likeness (QED) is 0.735. The lowest BCUT2D eigenvalue weighted by Crippen LogP contribution is -2.04. The summed E-state index contributed by atoms with van der Waals surface area (Å²) in [6.45, 7) is 6.31. The van der Waals surface area contributed by atoms with Gasteiger partial charge in [0, 0.05) is 6.92 Å². The van der Waals surface area contributed by atoms with Gasteiger partial charge in [0.05, 0.1) is 6.61 Å². The van der Waals surface area contributed by atoms with E-state index in [0.29, 0.717) is 12.5 Å². The maximum Gasteiger partial charge on any atom is 0.302 e. The molecule has 1 atom stereocenters. The van der Waals surface area contributed by atoms with Gasteiger partial charge in [0.2, 0.25) is 0 Å². The van der Waals surface area contributed by atoms with Crippen LogP contribution in [0.1, 0.15) is 33.6 Å². The van der Waals surface area contributed by atoms with Crippen LogP contribution in [0.25, 0.3) is 11.1 Å². The van der Waals surface area contributed by atoms with Crippen molar-refractivity contribution < 1.29 is 9.53 Å². The van der Waals surface area contributed by atoms with Crippen LogP contribution in [0.15, 0.2) is 24.3 Å². The summed E-state index contributed by atoms with van der Waals surface area (Å²) in [5.74, 6) is 0.489. The number of ether oxygens (including phenoxy) is 1. The zero-order valence-corrected chi connectivity index (χ0v) is 10.3. The van der Waals surface area contributed by atoms with Crippen LogP contribution >= 0.6 is 0 Å². The van der Waals surface area contributed by atoms with Crippen LogP contribution in [0.5, 0.6) is 0 Å². The number of benzene rings is 1. The summed E-state index contributed by atoms with van der Waals surface area (Å²) in [5.41, 5.74) is 2.85. The molecule has 2 heteroatoms. The summed E-state index contributed by atoms with van der Waals surface area (Å²) in [4.78, 5) is 10.3. The number of fused-ring (bicyclic) bond motifs is 1. The highest BCUT2D eigenvalue weighted by atomic mass is 16.5. The van der Waals surface area contributed by atoms with E-state index in [1.165, 1.54) is 18.1 Å². The van der Waals surface area contributed by atoms with Crippen molar-refractivity contribution in [1.29, 1.82) is 0 Å². The molecule has 88 valence electrons. The van der Waals surface area contributed by atoms with E-state index in [0.717, 1.165) is 12.8 Å². The third-order valence-electron chi connectivity index (χ3n) is 2.73. The fourth-order valence-electron chi connectivity index (χ4n) is 1.28. The first-order valence-corrected chi connectivity index (χ1v) is 5.87. The first kappa shape index (κ1) is 12.8. The van der Waals surface area contributed by atoms with Crippen LogP contribution in [-0.4, -0.2) is 12.6 Å². The summed E-state index contributed by atoms with van der Waals surface area (Å²) in [6, 6.07) is 8.48. The minimum Gasteiger partial charge on any atom is -0.466 e. The van der Waals surface area contributed by atoms with Gasteiger partial charge in [-0.2, -0.15) is 0 Å². The highest BCUT2D eigenvalue weighted by Crippen LogP contribution is 2.32. The molecule has 0 bridgehead atoms. The Balaban J connectivity index is 0.000000176. The Morgan fingerprint density at radius 1 is 1.38 bits per heavy atom. The third kappa shape index (κ3) is 4.96. The molecule has 0 saturated heterocycles. The van der Waals surface area contributed by atoms with Crippen LogP contribution in [0.3, 0.4) is 0 Å². The fourth-order valence-corrected chi connectivity index (χ4v) is 1.28. The largest absolute Gasteiger partial charge is 0.466 e. The van der Waals surface area contributed by atoms with Crippen molar-refractivity contribution in [3.05, 3.63) is 24.3 Å². The minimum absolute atomic E-state index is 0.177. The number of esters is 1. The Bertz CT molecular complexity index is 327. The second kappa shape index (κ2) is 6.31. The lowest BCUT2D eigenvalue weighted by atomic mass is 10.1. The van der Waals surface area contributed by atoms with E-state index in [-0.39, 0.29) is 5.97 Å². The Kier molecular flexibility index (Phi) is 5.03. The number of hydrogen-bond acceptors (Lipinski definition) is 2. The highest BCUT2D eigenvalue weighted by Gasteiger charge is 2.06. The van der Waals surface area contributed by atoms with Crippen LogP contribution in [0.4, 0.5) is 0 Å². The molecule has 0 aromatic carbocycles. The first-order chi connectivity index (χ1) is 7.63. The molecular formula is C14H20O2. The molecule has 0 saturated carbocycles. The van der Waals surface area contributed by atoms with Gasteiger partial charge in [0.15, 0.2) is 0 Å². The number of carbonyl (C=O) groups excluding carboxylic acids is 1. The molecule has 0 spiro atoms. The third-order valence-corrected chi connectivity index (χ3v) is 2.73. The zero-order chi connectivity index (χ0) is 12.0. The van der Waals surface area contributed by atoms with Crippen molar-refractivity contribution in [3.8, 4) is 11.1 Å². The summed E-state index contributed by atoms with van der Waals surface area (Å²) in [7, 11) is 0. The smallest absolute Gasteiger partial charge is 0.302 e. The molecule has 16 heavy (non-hydrogen) atoms. The standard InChI is InChI=1S/C8H16O2.C6H4/c1-4-7(2)5-6-10-8(3)9;1-2-5-4-6(5)3-1/h7H,4-6H2,1-3H3;1-4H. The van der Waals surface area contributed by atoms with E-state index in [1.807, 2.05) is 0 Å². The normalized spacial score (nSPS) is 12.2. The second-order valence-electron chi connectivity index (χ2n) is 4.22. The van der Waals surface area contributed by atoms with Gasteiger partial charge in [0.1, 0.15) is 0 Å². The van der Waals surface area contributed by atoms with Gasteiger partial charge in [-0.25, -0.2) is 0 Å². The topological polar surface area (TPSA) is 26.3 Å². The van der Waals surface area contributed by atoms with Gasteiger partial charge in [0.25, 0.3) is 0 Å². The molecule has 0 aromatic heterocycles. The second-order valence-corrected chi connectivity index (χ2v) is 4.22. The van der Waals surface area contributed by atoms with Crippen molar-refractivity contribution in [1.82, 2.24) is 0 Å². The summed E-state index contributed by atoms with van der Waals surface area (Å²) in [5, 5.41) is 0. The fraction of sp³-hybridized carbons (Fsp3) is 0.500. The van der Waals surface area contributed by atoms with Crippen molar-refractivity contribution in [2.45, 2.75) is 33.6 Å². The zero-order valence-electron chi connectivity index (χ0n) is 10.3. The molecule has 0 heterocycles. The highest BCUT2D eigenvalue weighted by molar-refractivity contribution is 5.80. The Labute approximate surface area is 97.6 Å². The molecular weight excluding hydrogens is 200 g/mol. The number of rotatable bonds is 4. The summed E-state index contributed by atoms with van der Waals surface area (Å²) >= 11 is 0. The summed E-state index contributed by atoms with van der Waals surface area (Å²) < 4.78 is 4.78. The number of carbonyl (C=O) groups is 1.